The van der Waals surface area contributed by atoms with Gasteiger partial charge >= 0.3 is 0 Å². The SMILES string of the molecule is N#CSC(=O)c1ccccc1. The van der Waals surface area contributed by atoms with Crippen LogP contribution in [-0.4, -0.2) is 5.12 Å². The van der Waals surface area contributed by atoms with Crippen LogP contribution in [0.5, 0.6) is 0 Å². The zero-order chi connectivity index (χ0) is 8.10. The zero-order valence-electron chi connectivity index (χ0n) is 5.65. The first kappa shape index (κ1) is 7.83. The molecule has 0 fully saturated rings. The lowest BCUT2D eigenvalue weighted by atomic mass is 10.2. The maximum Gasteiger partial charge on any atom is 0.233 e. The summed E-state index contributed by atoms with van der Waals surface area (Å²) in [6, 6.07) is 8.74. The number of hydrogen-bond acceptors (Lipinski definition) is 3. The molecule has 0 atom stereocenters. The molecule has 0 N–H and O–H groups in total. The van der Waals surface area contributed by atoms with Crippen molar-refractivity contribution in [3.63, 3.8) is 0 Å². The molecular weight excluding hydrogens is 158 g/mol. The van der Waals surface area contributed by atoms with Crippen LogP contribution in [-0.2, 0) is 0 Å². The molecule has 0 amide bonds. The van der Waals surface area contributed by atoms with E-state index in [4.69, 9.17) is 5.26 Å². The van der Waals surface area contributed by atoms with Crippen molar-refractivity contribution in [2.24, 2.45) is 0 Å². The molecular formula is C8H5NOS. The fourth-order valence-corrected chi connectivity index (χ4v) is 1.01. The summed E-state index contributed by atoms with van der Waals surface area (Å²) in [5.74, 6) is 0. The topological polar surface area (TPSA) is 40.9 Å². The smallest absolute Gasteiger partial charge is 0.233 e. The second kappa shape index (κ2) is 3.79. The van der Waals surface area contributed by atoms with Gasteiger partial charge in [-0.2, -0.15) is 5.26 Å². The third kappa shape index (κ3) is 2.10. The van der Waals surface area contributed by atoms with Crippen LogP contribution < -0.4 is 0 Å². The number of benzene rings is 1. The van der Waals surface area contributed by atoms with Crippen LogP contribution in [0.15, 0.2) is 30.3 Å². The number of rotatable bonds is 1. The Labute approximate surface area is 68.8 Å². The fourth-order valence-electron chi connectivity index (χ4n) is 0.675. The van der Waals surface area contributed by atoms with Gasteiger partial charge in [-0.3, -0.25) is 4.79 Å². The molecule has 54 valence electrons. The third-order valence-electron chi connectivity index (χ3n) is 1.15. The van der Waals surface area contributed by atoms with E-state index < -0.39 is 0 Å². The molecule has 0 radical (unpaired) electrons. The van der Waals surface area contributed by atoms with Gasteiger partial charge in [0.2, 0.25) is 5.12 Å². The Morgan fingerprint density at radius 1 is 1.36 bits per heavy atom. The van der Waals surface area contributed by atoms with Gasteiger partial charge in [0.05, 0.1) is 0 Å². The van der Waals surface area contributed by atoms with E-state index in [2.05, 4.69) is 0 Å². The molecule has 0 aliphatic rings. The molecule has 0 aliphatic carbocycles. The minimum absolute atomic E-state index is 0.201. The first-order valence-corrected chi connectivity index (χ1v) is 3.81. The molecule has 3 heteroatoms. The normalized spacial score (nSPS) is 8.64. The van der Waals surface area contributed by atoms with Gasteiger partial charge in [-0.1, -0.05) is 30.3 Å². The monoisotopic (exact) mass is 163 g/mol. The lowest BCUT2D eigenvalue weighted by Gasteiger charge is -1.91. The highest BCUT2D eigenvalue weighted by molar-refractivity contribution is 8.18. The number of hydrogen-bond donors (Lipinski definition) is 0. The van der Waals surface area contributed by atoms with Crippen molar-refractivity contribution in [2.75, 3.05) is 0 Å². The van der Waals surface area contributed by atoms with E-state index in [1.807, 2.05) is 6.07 Å². The van der Waals surface area contributed by atoms with Crippen molar-refractivity contribution >= 4 is 16.9 Å². The molecule has 11 heavy (non-hydrogen) atoms. The summed E-state index contributed by atoms with van der Waals surface area (Å²) in [7, 11) is 0. The standard InChI is InChI=1S/C8H5NOS/c9-6-11-8(10)7-4-2-1-3-5-7/h1-5H. The van der Waals surface area contributed by atoms with Crippen molar-refractivity contribution in [3.05, 3.63) is 35.9 Å². The first-order valence-electron chi connectivity index (χ1n) is 3.00. The summed E-state index contributed by atoms with van der Waals surface area (Å²) >= 11 is 0.651. The summed E-state index contributed by atoms with van der Waals surface area (Å²) in [5, 5.41) is 9.72. The van der Waals surface area contributed by atoms with E-state index in [1.165, 1.54) is 0 Å². The molecule has 1 rings (SSSR count). The second-order valence-corrected chi connectivity index (χ2v) is 2.60. The molecule has 0 aromatic heterocycles. The Kier molecular flexibility index (Phi) is 2.70. The van der Waals surface area contributed by atoms with Gasteiger partial charge in [0.25, 0.3) is 0 Å². The van der Waals surface area contributed by atoms with Gasteiger partial charge in [-0.15, -0.1) is 0 Å². The van der Waals surface area contributed by atoms with Gasteiger partial charge in [-0.05, 0) is 0 Å². The predicted molar refractivity (Wildman–Crippen MR) is 44.0 cm³/mol. The average Bonchev–Trinajstić information content (AvgIpc) is 2.07. The van der Waals surface area contributed by atoms with Crippen LogP contribution in [0.25, 0.3) is 0 Å². The second-order valence-electron chi connectivity index (χ2n) is 1.85. The van der Waals surface area contributed by atoms with Crippen LogP contribution in [0.2, 0.25) is 0 Å². The molecule has 1 aromatic rings. The maximum atomic E-state index is 11.0. The summed E-state index contributed by atoms with van der Waals surface area (Å²) in [6.07, 6.45) is 0. The summed E-state index contributed by atoms with van der Waals surface area (Å²) < 4.78 is 0. The molecule has 0 spiro atoms. The van der Waals surface area contributed by atoms with Crippen molar-refractivity contribution in [1.82, 2.24) is 0 Å². The molecule has 0 saturated carbocycles. The van der Waals surface area contributed by atoms with E-state index in [9.17, 15) is 4.79 Å². The van der Waals surface area contributed by atoms with Crippen LogP contribution in [0, 0.1) is 10.7 Å². The Bertz CT molecular complexity index is 289. The Balaban J connectivity index is 2.79. The zero-order valence-corrected chi connectivity index (χ0v) is 6.47. The largest absolute Gasteiger partial charge is 0.280 e. The average molecular weight is 163 g/mol. The van der Waals surface area contributed by atoms with Crippen LogP contribution >= 0.6 is 11.8 Å². The first-order chi connectivity index (χ1) is 5.34. The highest BCUT2D eigenvalue weighted by Crippen LogP contribution is 2.09. The van der Waals surface area contributed by atoms with Crippen LogP contribution in [0.4, 0.5) is 0 Å². The molecule has 0 unspecified atom stereocenters. The van der Waals surface area contributed by atoms with Crippen molar-refractivity contribution in [1.29, 1.82) is 5.26 Å². The number of nitrogens with zero attached hydrogens (tertiary/aromatic N) is 1. The van der Waals surface area contributed by atoms with E-state index in [0.29, 0.717) is 17.3 Å². The van der Waals surface area contributed by atoms with Crippen molar-refractivity contribution < 1.29 is 4.79 Å². The number of nitriles is 1. The van der Waals surface area contributed by atoms with Gasteiger partial charge in [0.15, 0.2) is 0 Å². The highest BCUT2D eigenvalue weighted by atomic mass is 32.2. The number of carbonyl (C=O) groups is 1. The van der Waals surface area contributed by atoms with Gasteiger partial charge < -0.3 is 0 Å². The molecule has 0 heterocycles. The van der Waals surface area contributed by atoms with Crippen LogP contribution in [0.1, 0.15) is 10.4 Å². The number of carbonyl (C=O) groups excluding carboxylic acids is 1. The van der Waals surface area contributed by atoms with E-state index >= 15 is 0 Å². The Hall–Kier alpha value is -1.27. The Morgan fingerprint density at radius 3 is 2.55 bits per heavy atom. The molecule has 0 bridgehead atoms. The lowest BCUT2D eigenvalue weighted by Crippen LogP contribution is -1.89. The summed E-state index contributed by atoms with van der Waals surface area (Å²) in [4.78, 5) is 11.0. The number of thiocyanates is 1. The van der Waals surface area contributed by atoms with Gasteiger partial charge in [0, 0.05) is 17.3 Å². The van der Waals surface area contributed by atoms with Crippen molar-refractivity contribution in [2.45, 2.75) is 0 Å². The van der Waals surface area contributed by atoms with Crippen molar-refractivity contribution in [3.8, 4) is 5.40 Å². The number of thioether (sulfide) groups is 1. The quantitative estimate of drug-likeness (QED) is 0.595. The molecule has 0 saturated heterocycles. The molecule has 1 aromatic carbocycles. The molecule has 0 aliphatic heterocycles. The van der Waals surface area contributed by atoms with E-state index in [0.717, 1.165) is 0 Å². The van der Waals surface area contributed by atoms with Gasteiger partial charge in [-0.25, -0.2) is 0 Å². The van der Waals surface area contributed by atoms with E-state index in [-0.39, 0.29) is 5.12 Å². The maximum absolute atomic E-state index is 11.0. The summed E-state index contributed by atoms with van der Waals surface area (Å²) in [6.45, 7) is 0. The van der Waals surface area contributed by atoms with Crippen LogP contribution in [0.3, 0.4) is 0 Å². The molecule has 2 nitrogen and oxygen atoms in total. The predicted octanol–water partition coefficient (Wildman–Crippen LogP) is 2.04. The summed E-state index contributed by atoms with van der Waals surface area (Å²) in [5.41, 5.74) is 0.569. The van der Waals surface area contributed by atoms with E-state index in [1.54, 1.807) is 29.7 Å². The minimum Gasteiger partial charge on any atom is -0.280 e. The highest BCUT2D eigenvalue weighted by Gasteiger charge is 2.03. The minimum atomic E-state index is -0.201. The fraction of sp³-hybridized carbons (Fsp3) is 0. The Morgan fingerprint density at radius 2 is 2.00 bits per heavy atom. The lowest BCUT2D eigenvalue weighted by molar-refractivity contribution is 0.109. The van der Waals surface area contributed by atoms with Gasteiger partial charge in [0.1, 0.15) is 5.40 Å². The third-order valence-corrected chi connectivity index (χ3v) is 1.66.